The number of hydrogen-bond donors (Lipinski definition) is 1. The van der Waals surface area contributed by atoms with Crippen LogP contribution in [-0.2, 0) is 6.54 Å². The van der Waals surface area contributed by atoms with Crippen molar-refractivity contribution < 1.29 is 0 Å². The minimum Gasteiger partial charge on any atom is -0.325 e. The van der Waals surface area contributed by atoms with Crippen LogP contribution >= 0.6 is 0 Å². The average Bonchev–Trinajstić information content (AvgIpc) is 3.07. The monoisotopic (exact) mass is 193 g/mol. The van der Waals surface area contributed by atoms with Crippen molar-refractivity contribution in [1.82, 2.24) is 20.2 Å². The zero-order chi connectivity index (χ0) is 9.65. The van der Waals surface area contributed by atoms with Crippen molar-refractivity contribution in [3.05, 3.63) is 6.33 Å². The lowest BCUT2D eigenvalue weighted by Crippen LogP contribution is -2.34. The second kappa shape index (κ2) is 2.53. The second-order valence-corrected chi connectivity index (χ2v) is 4.76. The van der Waals surface area contributed by atoms with Gasteiger partial charge >= 0.3 is 0 Å². The molecule has 2 aliphatic rings. The highest BCUT2D eigenvalue weighted by molar-refractivity contribution is 5.18. The van der Waals surface area contributed by atoms with Gasteiger partial charge in [-0.2, -0.15) is 0 Å². The summed E-state index contributed by atoms with van der Waals surface area (Å²) in [6.07, 6.45) is 7.82. The molecular formula is C9H15N5. The fraction of sp³-hybridized carbons (Fsp3) is 0.889. The normalized spacial score (nSPS) is 26.1. The number of hydrogen-bond acceptors (Lipinski definition) is 4. The van der Waals surface area contributed by atoms with E-state index >= 15 is 0 Å². The summed E-state index contributed by atoms with van der Waals surface area (Å²) >= 11 is 0. The molecule has 0 amide bonds. The molecule has 0 bridgehead atoms. The molecule has 2 N–H and O–H groups in total. The van der Waals surface area contributed by atoms with Crippen LogP contribution in [0, 0.1) is 5.41 Å². The third-order valence-electron chi connectivity index (χ3n) is 3.91. The maximum atomic E-state index is 6.27. The largest absolute Gasteiger partial charge is 0.325 e. The van der Waals surface area contributed by atoms with Crippen LogP contribution in [0.15, 0.2) is 6.33 Å². The molecule has 0 aliphatic heterocycles. The Balaban J connectivity index is 1.63. The van der Waals surface area contributed by atoms with Gasteiger partial charge in [-0.25, -0.2) is 4.68 Å². The van der Waals surface area contributed by atoms with Gasteiger partial charge < -0.3 is 5.73 Å². The molecule has 2 saturated carbocycles. The number of tetrazole rings is 1. The molecule has 0 radical (unpaired) electrons. The summed E-state index contributed by atoms with van der Waals surface area (Å²) in [5, 5.41) is 11.1. The second-order valence-electron chi connectivity index (χ2n) is 4.76. The van der Waals surface area contributed by atoms with Gasteiger partial charge in [0.2, 0.25) is 0 Å². The first-order valence-electron chi connectivity index (χ1n) is 5.24. The number of rotatable bonds is 4. The number of nitrogens with two attached hydrogens (primary N) is 1. The molecule has 1 aromatic heterocycles. The highest BCUT2D eigenvalue weighted by atomic mass is 15.5. The average molecular weight is 193 g/mol. The fourth-order valence-corrected chi connectivity index (χ4v) is 2.42. The lowest BCUT2D eigenvalue weighted by molar-refractivity contribution is 0.322. The number of aryl methyl sites for hydroxylation is 1. The Morgan fingerprint density at radius 2 is 2.07 bits per heavy atom. The van der Waals surface area contributed by atoms with Gasteiger partial charge in [0.05, 0.1) is 0 Å². The van der Waals surface area contributed by atoms with E-state index in [1.807, 2.05) is 0 Å². The molecule has 2 aliphatic carbocycles. The van der Waals surface area contributed by atoms with E-state index < -0.39 is 0 Å². The van der Waals surface area contributed by atoms with Crippen LogP contribution in [-0.4, -0.2) is 25.7 Å². The molecule has 3 rings (SSSR count). The quantitative estimate of drug-likeness (QED) is 0.748. The van der Waals surface area contributed by atoms with E-state index in [1.54, 1.807) is 11.0 Å². The van der Waals surface area contributed by atoms with Gasteiger partial charge in [0.1, 0.15) is 6.33 Å². The zero-order valence-electron chi connectivity index (χ0n) is 8.19. The summed E-state index contributed by atoms with van der Waals surface area (Å²) in [6, 6.07) is 0. The highest BCUT2D eigenvalue weighted by Gasteiger charge is 2.62. The van der Waals surface area contributed by atoms with E-state index in [4.69, 9.17) is 5.73 Å². The smallest absolute Gasteiger partial charge is 0.138 e. The van der Waals surface area contributed by atoms with E-state index in [2.05, 4.69) is 15.5 Å². The van der Waals surface area contributed by atoms with Crippen LogP contribution in [0.5, 0.6) is 0 Å². The van der Waals surface area contributed by atoms with E-state index in [1.165, 1.54) is 25.7 Å². The van der Waals surface area contributed by atoms with Gasteiger partial charge in [-0.3, -0.25) is 0 Å². The Labute approximate surface area is 82.7 Å². The van der Waals surface area contributed by atoms with Crippen molar-refractivity contribution in [3.8, 4) is 0 Å². The minimum atomic E-state index is 0.168. The molecule has 76 valence electrons. The third kappa shape index (κ3) is 1.15. The van der Waals surface area contributed by atoms with Crippen LogP contribution in [0.2, 0.25) is 0 Å². The predicted molar refractivity (Wildman–Crippen MR) is 50.3 cm³/mol. The summed E-state index contributed by atoms with van der Waals surface area (Å²) in [4.78, 5) is 0. The van der Waals surface area contributed by atoms with Gasteiger partial charge in [0.15, 0.2) is 0 Å². The van der Waals surface area contributed by atoms with Crippen LogP contribution in [0.25, 0.3) is 0 Å². The van der Waals surface area contributed by atoms with Gasteiger partial charge in [-0.1, -0.05) is 0 Å². The van der Waals surface area contributed by atoms with E-state index in [9.17, 15) is 0 Å². The van der Waals surface area contributed by atoms with Crippen molar-refractivity contribution in [2.45, 2.75) is 44.2 Å². The Kier molecular flexibility index (Phi) is 1.51. The standard InChI is InChI=1S/C9H15N5/c10-9(3-4-9)8(1-2-8)5-6-14-7-11-12-13-14/h7H,1-6,10H2. The van der Waals surface area contributed by atoms with E-state index in [-0.39, 0.29) is 5.54 Å². The van der Waals surface area contributed by atoms with Gasteiger partial charge in [0, 0.05) is 12.1 Å². The molecule has 1 heterocycles. The van der Waals surface area contributed by atoms with Crippen molar-refractivity contribution >= 4 is 0 Å². The lowest BCUT2D eigenvalue weighted by atomic mass is 9.91. The molecule has 1 aromatic rings. The van der Waals surface area contributed by atoms with Crippen LogP contribution < -0.4 is 5.73 Å². The molecule has 0 atom stereocenters. The topological polar surface area (TPSA) is 69.6 Å². The molecule has 0 unspecified atom stereocenters. The zero-order valence-corrected chi connectivity index (χ0v) is 8.19. The molecule has 14 heavy (non-hydrogen) atoms. The van der Waals surface area contributed by atoms with Crippen LogP contribution in [0.4, 0.5) is 0 Å². The summed E-state index contributed by atoms with van der Waals surface area (Å²) in [7, 11) is 0. The lowest BCUT2D eigenvalue weighted by Gasteiger charge is -2.22. The fourth-order valence-electron chi connectivity index (χ4n) is 2.42. The first-order chi connectivity index (χ1) is 6.74. The maximum absolute atomic E-state index is 6.27. The van der Waals surface area contributed by atoms with E-state index in [0.717, 1.165) is 13.0 Å². The Morgan fingerprint density at radius 3 is 2.57 bits per heavy atom. The van der Waals surface area contributed by atoms with E-state index in [0.29, 0.717) is 5.41 Å². The van der Waals surface area contributed by atoms with Gasteiger partial charge in [0.25, 0.3) is 0 Å². The SMILES string of the molecule is NC1(C2(CCn3cnnn3)CC2)CC1. The summed E-state index contributed by atoms with van der Waals surface area (Å²) < 4.78 is 1.80. The summed E-state index contributed by atoms with van der Waals surface area (Å²) in [6.45, 7) is 0.909. The number of aromatic nitrogens is 4. The van der Waals surface area contributed by atoms with Gasteiger partial charge in [-0.15, -0.1) is 5.10 Å². The summed E-state index contributed by atoms with van der Waals surface area (Å²) in [5.41, 5.74) is 6.86. The molecule has 0 aromatic carbocycles. The third-order valence-corrected chi connectivity index (χ3v) is 3.91. The Morgan fingerprint density at radius 1 is 1.29 bits per heavy atom. The summed E-state index contributed by atoms with van der Waals surface area (Å²) in [5.74, 6) is 0. The van der Waals surface area contributed by atoms with Crippen molar-refractivity contribution in [2.24, 2.45) is 11.1 Å². The predicted octanol–water partition coefficient (Wildman–Crippen LogP) is 0.335. The maximum Gasteiger partial charge on any atom is 0.138 e. The molecule has 5 nitrogen and oxygen atoms in total. The molecule has 0 saturated heterocycles. The van der Waals surface area contributed by atoms with Crippen LogP contribution in [0.3, 0.4) is 0 Å². The van der Waals surface area contributed by atoms with Gasteiger partial charge in [-0.05, 0) is 47.9 Å². The molecular weight excluding hydrogens is 178 g/mol. The molecule has 0 spiro atoms. The van der Waals surface area contributed by atoms with Crippen molar-refractivity contribution in [1.29, 1.82) is 0 Å². The first-order valence-corrected chi connectivity index (χ1v) is 5.24. The molecule has 5 heteroatoms. The van der Waals surface area contributed by atoms with Crippen molar-refractivity contribution in [3.63, 3.8) is 0 Å². The van der Waals surface area contributed by atoms with Crippen molar-refractivity contribution in [2.75, 3.05) is 0 Å². The Bertz CT molecular complexity index is 323. The minimum absolute atomic E-state index is 0.168. The molecule has 2 fully saturated rings. The van der Waals surface area contributed by atoms with Crippen LogP contribution in [0.1, 0.15) is 32.1 Å². The number of nitrogens with zero attached hydrogens (tertiary/aromatic N) is 4. The highest BCUT2D eigenvalue weighted by Crippen LogP contribution is 2.64. The first kappa shape index (κ1) is 8.35. The Hall–Kier alpha value is -0.970.